The van der Waals surface area contributed by atoms with Crippen LogP contribution in [0, 0.1) is 0 Å². The van der Waals surface area contributed by atoms with Crippen molar-refractivity contribution in [2.75, 3.05) is 20.7 Å². The molecule has 1 aromatic rings. The number of para-hydroxylation sites is 1. The maximum Gasteiger partial charge on any atom is 0.155 e. The molecule has 0 amide bonds. The van der Waals surface area contributed by atoms with Gasteiger partial charge in [-0.15, -0.1) is 0 Å². The number of nitrogens with two attached hydrogens (primary N) is 2. The van der Waals surface area contributed by atoms with Crippen molar-refractivity contribution in [3.8, 4) is 5.75 Å². The highest BCUT2D eigenvalue weighted by Gasteiger charge is 1.90. The predicted molar refractivity (Wildman–Crippen MR) is 76.6 cm³/mol. The van der Waals surface area contributed by atoms with Gasteiger partial charge in [0.1, 0.15) is 12.4 Å². The molecule has 1 rings (SSSR count). The third-order valence-corrected chi connectivity index (χ3v) is 1.74. The van der Waals surface area contributed by atoms with E-state index < -0.39 is 0 Å². The molecule has 0 unspecified atom stereocenters. The Hall–Kier alpha value is -1.65. The Labute approximate surface area is 110 Å². The molecule has 0 fully saturated rings. The van der Waals surface area contributed by atoms with Crippen molar-refractivity contribution < 1.29 is 9.53 Å². The topological polar surface area (TPSA) is 78.3 Å². The zero-order valence-corrected chi connectivity index (χ0v) is 11.4. The van der Waals surface area contributed by atoms with Crippen LogP contribution in [0.15, 0.2) is 42.5 Å². The molecule has 0 aliphatic carbocycles. The fourth-order valence-corrected chi connectivity index (χ4v) is 0.958. The number of hydrogen-bond acceptors (Lipinski definition) is 4. The lowest BCUT2D eigenvalue weighted by atomic mass is 10.3. The van der Waals surface area contributed by atoms with Gasteiger partial charge in [0, 0.05) is 6.42 Å². The number of rotatable bonds is 5. The molecule has 102 valence electrons. The summed E-state index contributed by atoms with van der Waals surface area (Å²) in [5, 5.41) is 0. The molecule has 0 radical (unpaired) electrons. The van der Waals surface area contributed by atoms with Crippen molar-refractivity contribution in [2.24, 2.45) is 11.5 Å². The molecule has 0 heterocycles. The second kappa shape index (κ2) is 15.4. The highest BCUT2D eigenvalue weighted by atomic mass is 16.5. The average molecular weight is 252 g/mol. The Kier molecular flexibility index (Phi) is 16.0. The summed E-state index contributed by atoms with van der Waals surface area (Å²) in [6.07, 6.45) is 3.84. The van der Waals surface area contributed by atoms with Gasteiger partial charge >= 0.3 is 0 Å². The van der Waals surface area contributed by atoms with Gasteiger partial charge in [0.15, 0.2) is 5.78 Å². The zero-order chi connectivity index (χ0) is 14.2. The van der Waals surface area contributed by atoms with Crippen molar-refractivity contribution in [2.45, 2.75) is 13.3 Å². The molecule has 1 aromatic carbocycles. The van der Waals surface area contributed by atoms with Gasteiger partial charge in [-0.25, -0.2) is 0 Å². The van der Waals surface area contributed by atoms with E-state index >= 15 is 0 Å². The largest absolute Gasteiger partial charge is 0.490 e. The molecule has 0 spiro atoms. The maximum absolute atomic E-state index is 10.9. The molecule has 0 saturated heterocycles. The Morgan fingerprint density at radius 2 is 1.72 bits per heavy atom. The second-order valence-corrected chi connectivity index (χ2v) is 2.85. The molecule has 0 aliphatic heterocycles. The van der Waals surface area contributed by atoms with Crippen LogP contribution < -0.4 is 16.2 Å². The highest BCUT2D eigenvalue weighted by molar-refractivity contribution is 5.89. The Balaban J connectivity index is 0. The lowest BCUT2D eigenvalue weighted by Gasteiger charge is -2.00. The van der Waals surface area contributed by atoms with Crippen molar-refractivity contribution in [1.82, 2.24) is 0 Å². The van der Waals surface area contributed by atoms with Gasteiger partial charge in [0.25, 0.3) is 0 Å². The number of ketones is 1. The van der Waals surface area contributed by atoms with Crippen LogP contribution >= 0.6 is 0 Å². The lowest BCUT2D eigenvalue weighted by Crippen LogP contribution is -1.95. The molecule has 18 heavy (non-hydrogen) atoms. The van der Waals surface area contributed by atoms with E-state index in [2.05, 4.69) is 11.5 Å². The highest BCUT2D eigenvalue weighted by Crippen LogP contribution is 2.07. The Morgan fingerprint density at radius 3 is 2.22 bits per heavy atom. The number of carbonyl (C=O) groups excluding carboxylic acids is 1. The van der Waals surface area contributed by atoms with E-state index in [-0.39, 0.29) is 5.78 Å². The second-order valence-electron chi connectivity index (χ2n) is 2.85. The standard InChI is InChI=1S/C12H14O2.2CH5N/c1-2-11(13)7-6-10-14-12-8-4-3-5-9-12;2*1-2/h3-9H,2,10H2,1H3;2*2H2,1H3. The van der Waals surface area contributed by atoms with E-state index in [9.17, 15) is 4.79 Å². The average Bonchev–Trinajstić information content (AvgIpc) is 2.48. The summed E-state index contributed by atoms with van der Waals surface area (Å²) in [6, 6.07) is 9.53. The lowest BCUT2D eigenvalue weighted by molar-refractivity contribution is -0.114. The molecule has 0 aromatic heterocycles. The molecule has 0 bridgehead atoms. The minimum Gasteiger partial charge on any atom is -0.490 e. The van der Waals surface area contributed by atoms with E-state index in [1.54, 1.807) is 12.2 Å². The number of carbonyl (C=O) groups is 1. The molecule has 4 nitrogen and oxygen atoms in total. The Morgan fingerprint density at radius 1 is 1.17 bits per heavy atom. The van der Waals surface area contributed by atoms with Gasteiger partial charge in [-0.1, -0.05) is 25.1 Å². The van der Waals surface area contributed by atoms with Gasteiger partial charge < -0.3 is 16.2 Å². The number of ether oxygens (including phenoxy) is 1. The molecular formula is C14H24N2O2. The number of allylic oxidation sites excluding steroid dienone is 1. The van der Waals surface area contributed by atoms with Crippen LogP contribution in [0.3, 0.4) is 0 Å². The van der Waals surface area contributed by atoms with Crippen LogP contribution in [0.25, 0.3) is 0 Å². The van der Waals surface area contributed by atoms with E-state index in [0.29, 0.717) is 13.0 Å². The fourth-order valence-electron chi connectivity index (χ4n) is 0.958. The molecule has 4 N–H and O–H groups in total. The summed E-state index contributed by atoms with van der Waals surface area (Å²) in [5.41, 5.74) is 9.00. The van der Waals surface area contributed by atoms with Crippen molar-refractivity contribution in [3.05, 3.63) is 42.5 Å². The van der Waals surface area contributed by atoms with Crippen LogP contribution in [-0.4, -0.2) is 26.5 Å². The quantitative estimate of drug-likeness (QED) is 0.783. The minimum atomic E-state index is 0.127. The van der Waals surface area contributed by atoms with Crippen molar-refractivity contribution in [1.29, 1.82) is 0 Å². The number of hydrogen-bond donors (Lipinski definition) is 2. The third-order valence-electron chi connectivity index (χ3n) is 1.74. The van der Waals surface area contributed by atoms with Crippen molar-refractivity contribution >= 4 is 5.78 Å². The van der Waals surface area contributed by atoms with Crippen LogP contribution in [-0.2, 0) is 4.79 Å². The summed E-state index contributed by atoms with van der Waals surface area (Å²) in [6.45, 7) is 2.28. The normalized spacial score (nSPS) is 8.72. The predicted octanol–water partition coefficient (Wildman–Crippen LogP) is 1.75. The third kappa shape index (κ3) is 10.9. The van der Waals surface area contributed by atoms with E-state index in [1.807, 2.05) is 37.3 Å². The van der Waals surface area contributed by atoms with Crippen molar-refractivity contribution in [3.63, 3.8) is 0 Å². The van der Waals surface area contributed by atoms with E-state index in [4.69, 9.17) is 4.74 Å². The monoisotopic (exact) mass is 252 g/mol. The molecule has 0 saturated carbocycles. The zero-order valence-electron chi connectivity index (χ0n) is 11.4. The molecule has 0 atom stereocenters. The van der Waals surface area contributed by atoms with E-state index in [1.165, 1.54) is 14.1 Å². The summed E-state index contributed by atoms with van der Waals surface area (Å²) in [5.74, 6) is 0.947. The van der Waals surface area contributed by atoms with Crippen LogP contribution in [0.1, 0.15) is 13.3 Å². The first-order valence-corrected chi connectivity index (χ1v) is 5.85. The van der Waals surface area contributed by atoms with Crippen LogP contribution in [0.2, 0.25) is 0 Å². The summed E-state index contributed by atoms with van der Waals surface area (Å²) >= 11 is 0. The first-order valence-electron chi connectivity index (χ1n) is 5.85. The molecule has 4 heteroatoms. The number of benzene rings is 1. The van der Waals surface area contributed by atoms with Gasteiger partial charge in [0.2, 0.25) is 0 Å². The Bertz CT molecular complexity index is 311. The maximum atomic E-state index is 10.9. The smallest absolute Gasteiger partial charge is 0.155 e. The molecule has 0 aliphatic rings. The summed E-state index contributed by atoms with van der Waals surface area (Å²) < 4.78 is 5.36. The summed E-state index contributed by atoms with van der Waals surface area (Å²) in [7, 11) is 3.00. The fraction of sp³-hybridized carbons (Fsp3) is 0.357. The first-order chi connectivity index (χ1) is 8.83. The van der Waals surface area contributed by atoms with Crippen LogP contribution in [0.5, 0.6) is 5.75 Å². The van der Waals surface area contributed by atoms with Crippen LogP contribution in [0.4, 0.5) is 0 Å². The molecular weight excluding hydrogens is 228 g/mol. The minimum absolute atomic E-state index is 0.127. The SMILES string of the molecule is CCC(=O)C=CCOc1ccccc1.CN.CN. The van der Waals surface area contributed by atoms with Gasteiger partial charge in [-0.3, -0.25) is 4.79 Å². The first kappa shape index (κ1) is 18.7. The summed E-state index contributed by atoms with van der Waals surface area (Å²) in [4.78, 5) is 10.9. The van der Waals surface area contributed by atoms with Gasteiger partial charge in [0.05, 0.1) is 0 Å². The van der Waals surface area contributed by atoms with Gasteiger partial charge in [-0.2, -0.15) is 0 Å². The van der Waals surface area contributed by atoms with Gasteiger partial charge in [-0.05, 0) is 38.4 Å². The van der Waals surface area contributed by atoms with E-state index in [0.717, 1.165) is 5.75 Å².